The second-order valence-corrected chi connectivity index (χ2v) is 8.81. The molecular formula is C16H28N2O3S. The molecule has 0 aromatic carbocycles. The maximum absolute atomic E-state index is 12.2. The van der Waals surface area contributed by atoms with E-state index < -0.39 is 9.84 Å². The quantitative estimate of drug-likeness (QED) is 0.714. The lowest BCUT2D eigenvalue weighted by Crippen LogP contribution is -2.49. The molecule has 1 saturated heterocycles. The van der Waals surface area contributed by atoms with Crippen LogP contribution in [0.1, 0.15) is 32.1 Å². The molecule has 0 radical (unpaired) electrons. The Balaban J connectivity index is 1.71. The van der Waals surface area contributed by atoms with E-state index in [9.17, 15) is 13.2 Å². The zero-order chi connectivity index (χ0) is 16.0. The van der Waals surface area contributed by atoms with Crippen molar-refractivity contribution in [2.24, 2.45) is 5.92 Å². The van der Waals surface area contributed by atoms with Crippen LogP contribution in [0.5, 0.6) is 0 Å². The predicted molar refractivity (Wildman–Crippen MR) is 88.4 cm³/mol. The highest BCUT2D eigenvalue weighted by Crippen LogP contribution is 2.24. The van der Waals surface area contributed by atoms with Gasteiger partial charge in [-0.15, -0.1) is 0 Å². The van der Waals surface area contributed by atoms with Crippen LogP contribution in [-0.4, -0.2) is 68.9 Å². The van der Waals surface area contributed by atoms with Crippen LogP contribution in [0, 0.1) is 5.92 Å². The fraction of sp³-hybridized carbons (Fsp3) is 0.812. The Labute approximate surface area is 134 Å². The average Bonchev–Trinajstić information content (AvgIpc) is 2.51. The number of nitrogens with zero attached hydrogens (tertiary/aromatic N) is 2. The third-order valence-corrected chi connectivity index (χ3v) is 5.55. The Bertz CT molecular complexity index is 488. The standard InChI is InChI=1S/C16H28N2O3S/c1-22(20,21)14-13-17-9-11-18(12-10-17)16(19)8-7-15-5-3-2-4-6-15/h7-8,15H,2-6,9-14H2,1H3. The lowest BCUT2D eigenvalue weighted by atomic mass is 9.89. The minimum absolute atomic E-state index is 0.105. The Morgan fingerprint density at radius 3 is 2.32 bits per heavy atom. The molecule has 2 fully saturated rings. The molecule has 6 heteroatoms. The van der Waals surface area contributed by atoms with Gasteiger partial charge in [-0.1, -0.05) is 25.3 Å². The third-order valence-electron chi connectivity index (χ3n) is 4.62. The van der Waals surface area contributed by atoms with Crippen LogP contribution in [0.25, 0.3) is 0 Å². The topological polar surface area (TPSA) is 57.7 Å². The molecule has 126 valence electrons. The molecule has 5 nitrogen and oxygen atoms in total. The molecule has 0 bridgehead atoms. The summed E-state index contributed by atoms with van der Waals surface area (Å²) in [5.41, 5.74) is 0. The molecule has 1 saturated carbocycles. The van der Waals surface area contributed by atoms with Gasteiger partial charge in [0.2, 0.25) is 5.91 Å². The van der Waals surface area contributed by atoms with Gasteiger partial charge in [0.1, 0.15) is 9.84 Å². The van der Waals surface area contributed by atoms with E-state index in [1.807, 2.05) is 4.90 Å². The Morgan fingerprint density at radius 2 is 1.73 bits per heavy atom. The number of hydrogen-bond acceptors (Lipinski definition) is 4. The molecule has 0 unspecified atom stereocenters. The predicted octanol–water partition coefficient (Wildman–Crippen LogP) is 1.31. The van der Waals surface area contributed by atoms with Gasteiger partial charge in [0.25, 0.3) is 0 Å². The molecule has 1 aliphatic carbocycles. The van der Waals surface area contributed by atoms with Crippen LogP contribution < -0.4 is 0 Å². The highest BCUT2D eigenvalue weighted by molar-refractivity contribution is 7.90. The van der Waals surface area contributed by atoms with Crippen molar-refractivity contribution < 1.29 is 13.2 Å². The van der Waals surface area contributed by atoms with E-state index in [2.05, 4.69) is 11.0 Å². The van der Waals surface area contributed by atoms with Crippen LogP contribution in [0.15, 0.2) is 12.2 Å². The van der Waals surface area contributed by atoms with E-state index in [0.29, 0.717) is 25.6 Å². The summed E-state index contributed by atoms with van der Waals surface area (Å²) < 4.78 is 22.4. The summed E-state index contributed by atoms with van der Waals surface area (Å²) in [7, 11) is -2.91. The molecule has 0 N–H and O–H groups in total. The van der Waals surface area contributed by atoms with Gasteiger partial charge < -0.3 is 4.90 Å². The van der Waals surface area contributed by atoms with E-state index in [-0.39, 0.29) is 11.7 Å². The van der Waals surface area contributed by atoms with Crippen molar-refractivity contribution >= 4 is 15.7 Å². The summed E-state index contributed by atoms with van der Waals surface area (Å²) in [5, 5.41) is 0. The van der Waals surface area contributed by atoms with E-state index in [0.717, 1.165) is 13.1 Å². The largest absolute Gasteiger partial charge is 0.337 e. The van der Waals surface area contributed by atoms with Crippen LogP contribution in [0.2, 0.25) is 0 Å². The molecule has 2 rings (SSSR count). The number of hydrogen-bond donors (Lipinski definition) is 0. The monoisotopic (exact) mass is 328 g/mol. The minimum atomic E-state index is -2.91. The number of rotatable bonds is 5. The smallest absolute Gasteiger partial charge is 0.246 e. The van der Waals surface area contributed by atoms with Gasteiger partial charge in [-0.25, -0.2) is 8.42 Å². The normalized spacial score (nSPS) is 22.3. The first-order valence-corrected chi connectivity index (χ1v) is 10.4. The molecule has 1 amide bonds. The second-order valence-electron chi connectivity index (χ2n) is 6.55. The van der Waals surface area contributed by atoms with Crippen molar-refractivity contribution in [2.45, 2.75) is 32.1 Å². The summed E-state index contributed by atoms with van der Waals surface area (Å²) >= 11 is 0. The fourth-order valence-electron chi connectivity index (χ4n) is 3.14. The van der Waals surface area contributed by atoms with E-state index in [1.165, 1.54) is 38.4 Å². The van der Waals surface area contributed by atoms with Gasteiger partial charge in [-0.05, 0) is 24.8 Å². The number of sulfone groups is 1. The van der Waals surface area contributed by atoms with Crippen molar-refractivity contribution in [3.63, 3.8) is 0 Å². The summed E-state index contributed by atoms with van der Waals surface area (Å²) in [4.78, 5) is 16.2. The highest BCUT2D eigenvalue weighted by atomic mass is 32.2. The highest BCUT2D eigenvalue weighted by Gasteiger charge is 2.20. The van der Waals surface area contributed by atoms with E-state index in [4.69, 9.17) is 0 Å². The number of carbonyl (C=O) groups is 1. The summed E-state index contributed by atoms with van der Waals surface area (Å²) in [5.74, 6) is 0.879. The maximum Gasteiger partial charge on any atom is 0.246 e. The average molecular weight is 328 g/mol. The van der Waals surface area contributed by atoms with Gasteiger partial charge in [-0.3, -0.25) is 9.69 Å². The Kier molecular flexibility index (Phi) is 6.44. The molecule has 1 heterocycles. The second kappa shape index (κ2) is 8.11. The zero-order valence-electron chi connectivity index (χ0n) is 13.5. The minimum Gasteiger partial charge on any atom is -0.337 e. The van der Waals surface area contributed by atoms with Crippen LogP contribution in [-0.2, 0) is 14.6 Å². The summed E-state index contributed by atoms with van der Waals surface area (Å²) in [6.45, 7) is 3.48. The maximum atomic E-state index is 12.2. The first-order chi connectivity index (χ1) is 10.4. The molecule has 0 spiro atoms. The molecule has 22 heavy (non-hydrogen) atoms. The Hall–Kier alpha value is -0.880. The van der Waals surface area contributed by atoms with Crippen molar-refractivity contribution in [1.29, 1.82) is 0 Å². The molecule has 0 atom stereocenters. The fourth-order valence-corrected chi connectivity index (χ4v) is 3.73. The number of carbonyl (C=O) groups excluding carboxylic acids is 1. The van der Waals surface area contributed by atoms with Crippen molar-refractivity contribution in [2.75, 3.05) is 44.7 Å². The van der Waals surface area contributed by atoms with Gasteiger partial charge in [0, 0.05) is 39.0 Å². The Morgan fingerprint density at radius 1 is 1.09 bits per heavy atom. The zero-order valence-corrected chi connectivity index (χ0v) is 14.4. The molecular weight excluding hydrogens is 300 g/mol. The van der Waals surface area contributed by atoms with Gasteiger partial charge >= 0.3 is 0 Å². The van der Waals surface area contributed by atoms with Gasteiger partial charge in [-0.2, -0.15) is 0 Å². The van der Waals surface area contributed by atoms with E-state index in [1.54, 1.807) is 6.08 Å². The van der Waals surface area contributed by atoms with Crippen molar-refractivity contribution in [3.8, 4) is 0 Å². The third kappa shape index (κ3) is 6.08. The summed E-state index contributed by atoms with van der Waals surface area (Å²) in [6.07, 6.45) is 11.4. The lowest BCUT2D eigenvalue weighted by Gasteiger charge is -2.34. The molecule has 1 aliphatic heterocycles. The molecule has 0 aromatic heterocycles. The van der Waals surface area contributed by atoms with Crippen LogP contribution >= 0.6 is 0 Å². The summed E-state index contributed by atoms with van der Waals surface area (Å²) in [6, 6.07) is 0. The number of piperazine rings is 1. The van der Waals surface area contributed by atoms with Gasteiger partial charge in [0.15, 0.2) is 0 Å². The SMILES string of the molecule is CS(=O)(=O)CCN1CCN(C(=O)C=CC2CCCCC2)CC1. The van der Waals surface area contributed by atoms with Crippen molar-refractivity contribution in [3.05, 3.63) is 12.2 Å². The van der Waals surface area contributed by atoms with Crippen LogP contribution in [0.4, 0.5) is 0 Å². The first kappa shape index (κ1) is 17.5. The van der Waals surface area contributed by atoms with Crippen molar-refractivity contribution in [1.82, 2.24) is 9.80 Å². The van der Waals surface area contributed by atoms with Gasteiger partial charge in [0.05, 0.1) is 5.75 Å². The number of allylic oxidation sites excluding steroid dienone is 1. The first-order valence-electron chi connectivity index (χ1n) is 8.31. The molecule has 0 aromatic rings. The van der Waals surface area contributed by atoms with Crippen LogP contribution in [0.3, 0.4) is 0 Å². The lowest BCUT2D eigenvalue weighted by molar-refractivity contribution is -0.127. The molecule has 2 aliphatic rings. The number of amides is 1. The van der Waals surface area contributed by atoms with E-state index >= 15 is 0 Å².